The Labute approximate surface area is 353 Å². The van der Waals surface area contributed by atoms with E-state index >= 15 is 0 Å². The molecule has 5 aliphatic heterocycles. The van der Waals surface area contributed by atoms with Gasteiger partial charge in [0.1, 0.15) is 5.78 Å². The summed E-state index contributed by atoms with van der Waals surface area (Å²) in [6, 6.07) is 0. The van der Waals surface area contributed by atoms with Crippen LogP contribution >= 0.6 is 0 Å². The van der Waals surface area contributed by atoms with E-state index < -0.39 is 95.1 Å². The third-order valence-corrected chi connectivity index (χ3v) is 15.2. The fourth-order valence-corrected chi connectivity index (χ4v) is 11.0. The number of carboxylic acid groups (broad SMARTS) is 1. The van der Waals surface area contributed by atoms with Crippen LogP contribution in [0.2, 0.25) is 0 Å². The van der Waals surface area contributed by atoms with Crippen LogP contribution in [-0.4, -0.2) is 105 Å². The van der Waals surface area contributed by atoms with Crippen LogP contribution in [0.5, 0.6) is 0 Å². The van der Waals surface area contributed by atoms with Crippen molar-refractivity contribution in [3.05, 3.63) is 12.2 Å². The summed E-state index contributed by atoms with van der Waals surface area (Å²) in [5.74, 6) is -6.15. The second-order valence-corrected chi connectivity index (χ2v) is 19.2. The first-order chi connectivity index (χ1) is 27.7. The minimum Gasteiger partial charge on any atom is -0.481 e. The predicted octanol–water partition coefficient (Wildman–Crippen LogP) is 7.33. The largest absolute Gasteiger partial charge is 0.481 e. The number of ether oxygens (including phenoxy) is 6. The van der Waals surface area contributed by atoms with Crippen LogP contribution in [0.1, 0.15) is 147 Å². The third-order valence-electron chi connectivity index (χ3n) is 15.2. The summed E-state index contributed by atoms with van der Waals surface area (Å²) < 4.78 is 40.3. The van der Waals surface area contributed by atoms with E-state index in [1.54, 1.807) is 6.92 Å². The summed E-state index contributed by atoms with van der Waals surface area (Å²) in [7, 11) is 0. The molecule has 5 heterocycles. The van der Waals surface area contributed by atoms with Crippen LogP contribution in [0.4, 0.5) is 4.79 Å². The number of carbonyl (C=O) groups excluding carboxylic acids is 2. The van der Waals surface area contributed by atoms with Crippen molar-refractivity contribution in [2.45, 2.75) is 212 Å². The normalized spacial score (nSPS) is 42.5. The van der Waals surface area contributed by atoms with Gasteiger partial charge in [0, 0.05) is 36.6 Å². The van der Waals surface area contributed by atoms with E-state index in [0.717, 1.165) is 12.8 Å². The highest BCUT2D eigenvalue weighted by Gasteiger charge is 2.64. The lowest BCUT2D eigenvalue weighted by Gasteiger charge is -2.54. The number of aliphatic hydroxyl groups excluding tert-OH is 1. The number of Topliss-reactive ketones (excluding diaryl/α,β-unsaturated/α-hetero) is 1. The summed E-state index contributed by atoms with van der Waals surface area (Å²) in [5, 5.41) is 35.6. The van der Waals surface area contributed by atoms with Gasteiger partial charge in [-0.25, -0.2) is 4.79 Å². The lowest BCUT2D eigenvalue weighted by Crippen LogP contribution is -2.63. The molecular weight excluding hydrogens is 759 g/mol. The summed E-state index contributed by atoms with van der Waals surface area (Å²) in [6.07, 6.45) is 5.47. The van der Waals surface area contributed by atoms with Gasteiger partial charge in [0.2, 0.25) is 5.79 Å². The number of ketones is 1. The van der Waals surface area contributed by atoms with Gasteiger partial charge in [0.25, 0.3) is 0 Å². The molecule has 0 bridgehead atoms. The first-order valence-corrected chi connectivity index (χ1v) is 22.9. The lowest BCUT2D eigenvalue weighted by molar-refractivity contribution is -0.408. The van der Waals surface area contributed by atoms with Crippen molar-refractivity contribution in [3.63, 3.8) is 0 Å². The summed E-state index contributed by atoms with van der Waals surface area (Å²) in [6.45, 7) is 22.0. The minimum atomic E-state index is -1.42. The Kier molecular flexibility index (Phi) is 15.5. The number of rotatable bonds is 15. The number of alkyl carbamates (subject to hydrolysis) is 1. The zero-order valence-electron chi connectivity index (χ0n) is 37.7. The van der Waals surface area contributed by atoms with Gasteiger partial charge in [-0.1, -0.05) is 62.3 Å². The Morgan fingerprint density at radius 1 is 0.898 bits per heavy atom. The molecule has 1 unspecified atom stereocenters. The lowest BCUT2D eigenvalue weighted by atomic mass is 9.72. The molecule has 4 N–H and O–H groups in total. The van der Waals surface area contributed by atoms with Gasteiger partial charge < -0.3 is 49.1 Å². The second kappa shape index (κ2) is 19.1. The second-order valence-electron chi connectivity index (χ2n) is 19.2. The van der Waals surface area contributed by atoms with Gasteiger partial charge in [0.05, 0.1) is 53.7 Å². The van der Waals surface area contributed by atoms with Gasteiger partial charge in [0.15, 0.2) is 11.9 Å². The molecule has 338 valence electrons. The van der Waals surface area contributed by atoms with Crippen molar-refractivity contribution in [2.75, 3.05) is 6.54 Å². The number of aliphatic carboxylic acids is 1. The molecule has 5 rings (SSSR count). The van der Waals surface area contributed by atoms with Crippen LogP contribution in [0, 0.1) is 41.4 Å². The maximum atomic E-state index is 14.6. The van der Waals surface area contributed by atoms with E-state index in [-0.39, 0.29) is 29.6 Å². The fraction of sp³-hybridized carbons (Fsp3) is 0.891. The molecule has 4 fully saturated rings. The molecular formula is C46H77NO12. The van der Waals surface area contributed by atoms with Crippen LogP contribution in [-0.2, 0) is 38.0 Å². The number of carboxylic acids is 1. The number of amides is 1. The fourth-order valence-electron chi connectivity index (χ4n) is 11.0. The predicted molar refractivity (Wildman–Crippen MR) is 221 cm³/mol. The molecule has 0 aromatic carbocycles. The Morgan fingerprint density at radius 2 is 1.59 bits per heavy atom. The Morgan fingerprint density at radius 3 is 2.20 bits per heavy atom. The maximum Gasteiger partial charge on any atom is 0.407 e. The molecule has 18 atom stereocenters. The monoisotopic (exact) mass is 836 g/mol. The molecule has 0 aromatic rings. The topological polar surface area (TPSA) is 179 Å². The van der Waals surface area contributed by atoms with Gasteiger partial charge in [-0.15, -0.1) is 0 Å². The van der Waals surface area contributed by atoms with Gasteiger partial charge >= 0.3 is 12.1 Å². The highest BCUT2D eigenvalue weighted by Crippen LogP contribution is 2.54. The molecule has 13 heteroatoms. The molecule has 4 saturated heterocycles. The molecule has 59 heavy (non-hydrogen) atoms. The number of hydrogen-bond acceptors (Lipinski definition) is 11. The van der Waals surface area contributed by atoms with Gasteiger partial charge in [-0.3, -0.25) is 9.59 Å². The molecule has 0 aromatic heterocycles. The molecule has 0 saturated carbocycles. The van der Waals surface area contributed by atoms with Gasteiger partial charge in [-0.2, -0.15) is 0 Å². The number of carbonyl (C=O) groups is 3. The van der Waals surface area contributed by atoms with E-state index in [9.17, 15) is 29.7 Å². The van der Waals surface area contributed by atoms with Crippen molar-refractivity contribution in [1.29, 1.82) is 0 Å². The van der Waals surface area contributed by atoms with Crippen molar-refractivity contribution >= 4 is 17.8 Å². The van der Waals surface area contributed by atoms with Crippen LogP contribution < -0.4 is 5.32 Å². The van der Waals surface area contributed by atoms with Crippen molar-refractivity contribution in [1.82, 2.24) is 5.32 Å². The third kappa shape index (κ3) is 9.61. The number of hydrogen-bond donors (Lipinski definition) is 4. The number of aliphatic hydroxyl groups is 2. The quantitative estimate of drug-likeness (QED) is 0.121. The Bertz CT molecular complexity index is 1490. The van der Waals surface area contributed by atoms with E-state index in [1.165, 1.54) is 0 Å². The van der Waals surface area contributed by atoms with E-state index in [4.69, 9.17) is 28.4 Å². The smallest absolute Gasteiger partial charge is 0.407 e. The van der Waals surface area contributed by atoms with Crippen LogP contribution in [0.15, 0.2) is 12.2 Å². The van der Waals surface area contributed by atoms with Crippen LogP contribution in [0.25, 0.3) is 0 Å². The van der Waals surface area contributed by atoms with E-state index in [2.05, 4.69) is 26.1 Å². The SMILES string of the molecule is CCCNC(=O)O[C@@H]1C=C[C@]2(O[C@H]([C@@H](CC)C(=O)[C@@H](C)[C@@H](O)[C@H](C)[C@@H]3O[C@@H]([C@@H](CC)C(=O)O)CCC3C)[C@@H](C)C[C@H]2C)O[C@@]12CC[C@@](C)([C@H]1CC[C@](O)(CC)[C@H](C)O1)O2. The average Bonchev–Trinajstić information content (AvgIpc) is 3.54. The summed E-state index contributed by atoms with van der Waals surface area (Å²) in [4.78, 5) is 39.7. The van der Waals surface area contributed by atoms with E-state index in [1.807, 2.05) is 60.6 Å². The molecule has 5 aliphatic rings. The van der Waals surface area contributed by atoms with E-state index in [0.29, 0.717) is 64.3 Å². The van der Waals surface area contributed by atoms with Crippen LogP contribution in [0.3, 0.4) is 0 Å². The number of nitrogens with one attached hydrogen (secondary N) is 1. The highest BCUT2D eigenvalue weighted by molar-refractivity contribution is 5.84. The van der Waals surface area contributed by atoms with Crippen molar-refractivity contribution in [3.8, 4) is 0 Å². The first-order valence-electron chi connectivity index (χ1n) is 22.9. The highest BCUT2D eigenvalue weighted by atomic mass is 16.8. The Balaban J connectivity index is 1.38. The Hall–Kier alpha value is -2.13. The average molecular weight is 836 g/mol. The zero-order chi connectivity index (χ0) is 43.7. The summed E-state index contributed by atoms with van der Waals surface area (Å²) in [5.41, 5.74) is -1.74. The maximum absolute atomic E-state index is 14.6. The van der Waals surface area contributed by atoms with Crippen molar-refractivity contribution in [2.24, 2.45) is 41.4 Å². The molecule has 1 amide bonds. The molecule has 13 nitrogen and oxygen atoms in total. The first kappa shape index (κ1) is 47.9. The molecule has 2 spiro atoms. The minimum absolute atomic E-state index is 0.0262. The molecule has 0 aliphatic carbocycles. The summed E-state index contributed by atoms with van der Waals surface area (Å²) >= 11 is 0. The van der Waals surface area contributed by atoms with Gasteiger partial charge in [-0.05, 0) is 102 Å². The zero-order valence-corrected chi connectivity index (χ0v) is 37.7. The van der Waals surface area contributed by atoms with Crippen molar-refractivity contribution < 1.29 is 58.1 Å². The standard InChI is InChI=1S/C46H77NO12/c1-12-24-47-42(52)56-36-19-21-45(59-46(36)23-22-43(11,58-46)35-18-20-44(53,15-4)31(10)54-35)28(7)25-27(6)40(57-45)33(14-3)38(49)29(8)37(48)30(9)39-26(5)16-17-34(55-39)32(13-2)41(50)51/h19,21,26-37,39-40,48,53H,12-18,20,22-25H2,1-11H3,(H,47,52)(H,50,51)/t26?,27-,28+,29-,30-,31-,32+,33-,34+,35+,36+,37+,39+,40-,43-,44+,45-,46-/m0/s1. The molecule has 0 radical (unpaired) electrons.